The number of likely N-dealkylation sites (N-methyl/N-ethyl adjacent to an activating group) is 1. The largest absolute Gasteiger partial charge is 0.385 e. The Morgan fingerprint density at radius 3 is 2.45 bits per heavy atom. The minimum absolute atomic E-state index is 0.219. The van der Waals surface area contributed by atoms with Crippen LogP contribution in [0.4, 0.5) is 0 Å². The van der Waals surface area contributed by atoms with E-state index < -0.39 is 0 Å². The lowest BCUT2D eigenvalue weighted by molar-refractivity contribution is 0.0162. The number of hydrogen-bond donors (Lipinski definition) is 1. The monoisotopic (exact) mass is 286 g/mol. The Kier molecular flexibility index (Phi) is 8.69. The van der Waals surface area contributed by atoms with Crippen LogP contribution in [0, 0.1) is 5.92 Å². The van der Waals surface area contributed by atoms with E-state index in [9.17, 15) is 0 Å². The van der Waals surface area contributed by atoms with Crippen molar-refractivity contribution in [2.75, 3.05) is 46.6 Å². The lowest BCUT2D eigenvalue weighted by atomic mass is 9.76. The van der Waals surface area contributed by atoms with Gasteiger partial charge in [0.25, 0.3) is 0 Å². The van der Waals surface area contributed by atoms with Crippen LogP contribution in [0.1, 0.15) is 46.0 Å². The van der Waals surface area contributed by atoms with E-state index in [0.717, 1.165) is 51.8 Å². The summed E-state index contributed by atoms with van der Waals surface area (Å²) in [6.45, 7) is 9.80. The van der Waals surface area contributed by atoms with Gasteiger partial charge in [-0.15, -0.1) is 0 Å². The van der Waals surface area contributed by atoms with E-state index in [1.165, 1.54) is 25.7 Å². The second-order valence-corrected chi connectivity index (χ2v) is 6.15. The van der Waals surface area contributed by atoms with Crippen LogP contribution in [0.15, 0.2) is 0 Å². The molecule has 4 heteroatoms. The van der Waals surface area contributed by atoms with E-state index >= 15 is 0 Å². The SMILES string of the molecule is CCN(CCOCCCOC)C1(CN)CCC(C)CC1. The van der Waals surface area contributed by atoms with Crippen LogP contribution in [0.5, 0.6) is 0 Å². The van der Waals surface area contributed by atoms with Gasteiger partial charge >= 0.3 is 0 Å². The average molecular weight is 286 g/mol. The highest BCUT2D eigenvalue weighted by atomic mass is 16.5. The Labute approximate surface area is 125 Å². The first-order valence-electron chi connectivity index (χ1n) is 8.20. The zero-order valence-corrected chi connectivity index (χ0v) is 13.7. The van der Waals surface area contributed by atoms with Gasteiger partial charge in [-0.05, 0) is 44.6 Å². The summed E-state index contributed by atoms with van der Waals surface area (Å²) in [5.74, 6) is 0.860. The molecule has 120 valence electrons. The maximum Gasteiger partial charge on any atom is 0.0593 e. The molecular weight excluding hydrogens is 252 g/mol. The van der Waals surface area contributed by atoms with Crippen molar-refractivity contribution < 1.29 is 9.47 Å². The molecule has 0 amide bonds. The molecule has 1 aliphatic carbocycles. The maximum atomic E-state index is 6.13. The fraction of sp³-hybridized carbons (Fsp3) is 1.00. The Hall–Kier alpha value is -0.160. The van der Waals surface area contributed by atoms with Crippen LogP contribution in [0.3, 0.4) is 0 Å². The molecule has 1 rings (SSSR count). The highest BCUT2D eigenvalue weighted by molar-refractivity contribution is 4.95. The van der Waals surface area contributed by atoms with Crippen molar-refractivity contribution in [3.05, 3.63) is 0 Å². The molecule has 0 saturated heterocycles. The number of hydrogen-bond acceptors (Lipinski definition) is 4. The predicted octanol–water partition coefficient (Wildman–Crippen LogP) is 2.27. The number of rotatable bonds is 10. The number of ether oxygens (including phenoxy) is 2. The smallest absolute Gasteiger partial charge is 0.0593 e. The summed E-state index contributed by atoms with van der Waals surface area (Å²) < 4.78 is 10.7. The van der Waals surface area contributed by atoms with Crippen LogP contribution in [-0.4, -0.2) is 57.0 Å². The highest BCUT2D eigenvalue weighted by Crippen LogP contribution is 2.35. The maximum absolute atomic E-state index is 6.13. The molecule has 0 radical (unpaired) electrons. The van der Waals surface area contributed by atoms with Gasteiger partial charge in [0.15, 0.2) is 0 Å². The van der Waals surface area contributed by atoms with E-state index in [1.807, 2.05) is 0 Å². The van der Waals surface area contributed by atoms with Gasteiger partial charge in [0.1, 0.15) is 0 Å². The van der Waals surface area contributed by atoms with Gasteiger partial charge in [0.05, 0.1) is 6.61 Å². The van der Waals surface area contributed by atoms with E-state index in [1.54, 1.807) is 7.11 Å². The molecule has 0 aromatic heterocycles. The molecule has 0 heterocycles. The van der Waals surface area contributed by atoms with Gasteiger partial charge in [-0.3, -0.25) is 4.90 Å². The van der Waals surface area contributed by atoms with Crippen molar-refractivity contribution in [2.45, 2.75) is 51.5 Å². The molecule has 1 saturated carbocycles. The van der Waals surface area contributed by atoms with Gasteiger partial charge in [-0.2, -0.15) is 0 Å². The zero-order valence-electron chi connectivity index (χ0n) is 13.7. The third-order valence-corrected chi connectivity index (χ3v) is 4.78. The molecule has 0 bridgehead atoms. The number of nitrogens with zero attached hydrogens (tertiary/aromatic N) is 1. The van der Waals surface area contributed by atoms with Crippen LogP contribution in [-0.2, 0) is 9.47 Å². The van der Waals surface area contributed by atoms with Crippen LogP contribution < -0.4 is 5.73 Å². The van der Waals surface area contributed by atoms with E-state index in [2.05, 4.69) is 18.7 Å². The Morgan fingerprint density at radius 2 is 1.90 bits per heavy atom. The second kappa shape index (κ2) is 9.72. The molecule has 1 fully saturated rings. The molecule has 4 nitrogen and oxygen atoms in total. The van der Waals surface area contributed by atoms with Gasteiger partial charge in [-0.1, -0.05) is 13.8 Å². The number of methoxy groups -OCH3 is 1. The normalized spacial score (nSPS) is 27.1. The molecule has 1 aliphatic rings. The average Bonchev–Trinajstić information content (AvgIpc) is 2.48. The summed E-state index contributed by atoms with van der Waals surface area (Å²) in [7, 11) is 1.73. The minimum atomic E-state index is 0.219. The Bertz CT molecular complexity index is 241. The Balaban J connectivity index is 2.35. The Morgan fingerprint density at radius 1 is 1.20 bits per heavy atom. The predicted molar refractivity (Wildman–Crippen MR) is 84.0 cm³/mol. The summed E-state index contributed by atoms with van der Waals surface area (Å²) in [4.78, 5) is 2.55. The quantitative estimate of drug-likeness (QED) is 0.626. The van der Waals surface area contributed by atoms with Gasteiger partial charge in [0, 0.05) is 39.0 Å². The highest BCUT2D eigenvalue weighted by Gasteiger charge is 2.37. The summed E-state index contributed by atoms with van der Waals surface area (Å²) in [5.41, 5.74) is 6.35. The van der Waals surface area contributed by atoms with Gasteiger partial charge < -0.3 is 15.2 Å². The summed E-state index contributed by atoms with van der Waals surface area (Å²) >= 11 is 0. The molecule has 0 atom stereocenters. The fourth-order valence-electron chi connectivity index (χ4n) is 3.26. The first-order chi connectivity index (χ1) is 9.68. The molecule has 0 unspecified atom stereocenters. The van der Waals surface area contributed by atoms with Crippen molar-refractivity contribution in [1.82, 2.24) is 4.90 Å². The van der Waals surface area contributed by atoms with Crippen molar-refractivity contribution in [3.63, 3.8) is 0 Å². The van der Waals surface area contributed by atoms with Gasteiger partial charge in [0.2, 0.25) is 0 Å². The third kappa shape index (κ3) is 5.32. The molecule has 0 aliphatic heterocycles. The lowest BCUT2D eigenvalue weighted by Gasteiger charge is -2.47. The molecule has 0 spiro atoms. The molecule has 0 aromatic carbocycles. The molecule has 20 heavy (non-hydrogen) atoms. The third-order valence-electron chi connectivity index (χ3n) is 4.78. The van der Waals surface area contributed by atoms with Crippen LogP contribution in [0.2, 0.25) is 0 Å². The molecule has 0 aromatic rings. The molecular formula is C16H34N2O2. The standard InChI is InChI=1S/C16H34N2O2/c1-4-18(10-13-20-12-5-11-19-3)16(14-17)8-6-15(2)7-9-16/h15H,4-14,17H2,1-3H3. The summed E-state index contributed by atoms with van der Waals surface area (Å²) in [6.07, 6.45) is 6.07. The molecule has 2 N–H and O–H groups in total. The zero-order chi connectivity index (χ0) is 14.8. The van der Waals surface area contributed by atoms with Crippen molar-refractivity contribution in [1.29, 1.82) is 0 Å². The fourth-order valence-corrected chi connectivity index (χ4v) is 3.26. The first kappa shape index (κ1) is 17.9. The van der Waals surface area contributed by atoms with Crippen molar-refractivity contribution in [3.8, 4) is 0 Å². The number of nitrogens with two attached hydrogens (primary N) is 1. The van der Waals surface area contributed by atoms with Crippen molar-refractivity contribution >= 4 is 0 Å². The summed E-state index contributed by atoms with van der Waals surface area (Å²) in [6, 6.07) is 0. The minimum Gasteiger partial charge on any atom is -0.385 e. The van der Waals surface area contributed by atoms with Crippen LogP contribution >= 0.6 is 0 Å². The van der Waals surface area contributed by atoms with E-state index in [0.29, 0.717) is 0 Å². The van der Waals surface area contributed by atoms with Crippen LogP contribution in [0.25, 0.3) is 0 Å². The van der Waals surface area contributed by atoms with E-state index in [-0.39, 0.29) is 5.54 Å². The lowest BCUT2D eigenvalue weighted by Crippen LogP contribution is -2.56. The first-order valence-corrected chi connectivity index (χ1v) is 8.20. The van der Waals surface area contributed by atoms with Crippen molar-refractivity contribution in [2.24, 2.45) is 11.7 Å². The van der Waals surface area contributed by atoms with Gasteiger partial charge in [-0.25, -0.2) is 0 Å². The summed E-state index contributed by atoms with van der Waals surface area (Å²) in [5, 5.41) is 0. The second-order valence-electron chi connectivity index (χ2n) is 6.15. The van der Waals surface area contributed by atoms with E-state index in [4.69, 9.17) is 15.2 Å². The topological polar surface area (TPSA) is 47.7 Å².